The molecule has 5 heteroatoms. The van der Waals surface area contributed by atoms with Crippen LogP contribution in [0.3, 0.4) is 0 Å². The molecule has 2 rings (SSSR count). The number of benzene rings is 1. The van der Waals surface area contributed by atoms with Crippen molar-refractivity contribution in [2.75, 3.05) is 0 Å². The van der Waals surface area contributed by atoms with Gasteiger partial charge in [-0.05, 0) is 23.8 Å². The predicted molar refractivity (Wildman–Crippen MR) is 60.3 cm³/mol. The Morgan fingerprint density at radius 1 is 1.13 bits per heavy atom. The Kier molecular flexibility index (Phi) is 2.93. The molecule has 3 nitrogen and oxygen atoms in total. The lowest BCUT2D eigenvalue weighted by atomic mass is 9.98. The highest BCUT2D eigenvalue weighted by Gasteiger charge is 2.34. The van der Waals surface area contributed by atoms with E-state index in [1.165, 1.54) is 0 Å². The van der Waals surface area contributed by atoms with Crippen LogP contribution >= 0.6 is 31.9 Å². The summed E-state index contributed by atoms with van der Waals surface area (Å²) in [5, 5.41) is 0. The fourth-order valence-electron chi connectivity index (χ4n) is 1.51. The van der Waals surface area contributed by atoms with Crippen LogP contribution in [-0.4, -0.2) is 11.9 Å². The van der Waals surface area contributed by atoms with E-state index in [1.54, 1.807) is 0 Å². The van der Waals surface area contributed by atoms with Crippen LogP contribution in [0.15, 0.2) is 27.1 Å². The first kappa shape index (κ1) is 10.8. The van der Waals surface area contributed by atoms with Gasteiger partial charge in [-0.2, -0.15) is 0 Å². The molecule has 0 aromatic heterocycles. The number of cyclic esters (lactones) is 2. The van der Waals surface area contributed by atoms with Crippen LogP contribution in [0, 0.1) is 0 Å². The van der Waals surface area contributed by atoms with Crippen molar-refractivity contribution in [2.45, 2.75) is 12.3 Å². The van der Waals surface area contributed by atoms with Crippen LogP contribution in [0.25, 0.3) is 0 Å². The van der Waals surface area contributed by atoms with Gasteiger partial charge in [-0.25, -0.2) is 0 Å². The maximum Gasteiger partial charge on any atom is 0.321 e. The Morgan fingerprint density at radius 2 is 1.73 bits per heavy atom. The van der Waals surface area contributed by atoms with Gasteiger partial charge in [0.25, 0.3) is 0 Å². The second kappa shape index (κ2) is 4.06. The first-order valence-electron chi connectivity index (χ1n) is 4.27. The number of hydrogen-bond acceptors (Lipinski definition) is 3. The maximum atomic E-state index is 11.3. The first-order chi connectivity index (χ1) is 7.06. The third kappa shape index (κ3) is 2.29. The van der Waals surface area contributed by atoms with Gasteiger partial charge in [0.05, 0.1) is 12.3 Å². The van der Waals surface area contributed by atoms with Crippen molar-refractivity contribution in [2.24, 2.45) is 0 Å². The van der Waals surface area contributed by atoms with E-state index >= 15 is 0 Å². The second-order valence-electron chi connectivity index (χ2n) is 3.25. The van der Waals surface area contributed by atoms with Crippen molar-refractivity contribution in [1.82, 2.24) is 0 Å². The van der Waals surface area contributed by atoms with Gasteiger partial charge in [0.1, 0.15) is 0 Å². The summed E-state index contributed by atoms with van der Waals surface area (Å²) in [6, 6.07) is 5.50. The second-order valence-corrected chi connectivity index (χ2v) is 5.08. The van der Waals surface area contributed by atoms with E-state index in [1.807, 2.05) is 18.2 Å². The molecule has 0 unspecified atom stereocenters. The molecule has 1 fully saturated rings. The molecule has 0 N–H and O–H groups in total. The van der Waals surface area contributed by atoms with E-state index in [4.69, 9.17) is 0 Å². The van der Waals surface area contributed by atoms with E-state index in [0.29, 0.717) is 0 Å². The fraction of sp³-hybridized carbons (Fsp3) is 0.200. The summed E-state index contributed by atoms with van der Waals surface area (Å²) in [6.45, 7) is 0. The minimum atomic E-state index is -0.468. The van der Waals surface area contributed by atoms with Crippen LogP contribution in [0.2, 0.25) is 0 Å². The van der Waals surface area contributed by atoms with E-state index in [0.717, 1.165) is 14.5 Å². The Hall–Kier alpha value is -0.680. The minimum absolute atomic E-state index is 0.127. The maximum absolute atomic E-state index is 11.3. The number of ether oxygens (including phenoxy) is 1. The summed E-state index contributed by atoms with van der Waals surface area (Å²) in [7, 11) is 0. The van der Waals surface area contributed by atoms with Crippen molar-refractivity contribution in [1.29, 1.82) is 0 Å². The van der Waals surface area contributed by atoms with Crippen LogP contribution < -0.4 is 0 Å². The molecule has 1 aromatic rings. The molecule has 0 bridgehead atoms. The van der Waals surface area contributed by atoms with Crippen molar-refractivity contribution >= 4 is 43.8 Å². The van der Waals surface area contributed by atoms with E-state index < -0.39 is 17.9 Å². The lowest BCUT2D eigenvalue weighted by Gasteiger charge is -2.06. The smallest absolute Gasteiger partial charge is 0.321 e. The summed E-state index contributed by atoms with van der Waals surface area (Å²) in [5.41, 5.74) is 0.784. The number of hydrogen-bond donors (Lipinski definition) is 0. The average Bonchev–Trinajstić information content (AvgIpc) is 2.43. The zero-order chi connectivity index (χ0) is 11.0. The molecule has 0 amide bonds. The molecule has 0 aliphatic carbocycles. The third-order valence-corrected chi connectivity index (χ3v) is 3.07. The Bertz CT molecular complexity index is 422. The molecule has 1 aliphatic heterocycles. The zero-order valence-corrected chi connectivity index (χ0v) is 10.7. The molecule has 1 aromatic carbocycles. The van der Waals surface area contributed by atoms with Crippen molar-refractivity contribution in [3.8, 4) is 0 Å². The van der Waals surface area contributed by atoms with Crippen LogP contribution in [-0.2, 0) is 14.3 Å². The molecule has 1 aliphatic rings. The predicted octanol–water partition coefficient (Wildman–Crippen LogP) is 2.77. The molecule has 0 saturated carbocycles. The van der Waals surface area contributed by atoms with Gasteiger partial charge in [-0.3, -0.25) is 9.59 Å². The third-order valence-electron chi connectivity index (χ3n) is 2.16. The van der Waals surface area contributed by atoms with E-state index in [2.05, 4.69) is 36.6 Å². The number of esters is 2. The van der Waals surface area contributed by atoms with Gasteiger partial charge in [0.2, 0.25) is 0 Å². The first-order valence-corrected chi connectivity index (χ1v) is 5.85. The van der Waals surface area contributed by atoms with Gasteiger partial charge in [-0.15, -0.1) is 0 Å². The lowest BCUT2D eigenvalue weighted by Crippen LogP contribution is -2.05. The van der Waals surface area contributed by atoms with Crippen molar-refractivity contribution in [3.63, 3.8) is 0 Å². The van der Waals surface area contributed by atoms with Crippen molar-refractivity contribution in [3.05, 3.63) is 32.7 Å². The summed E-state index contributed by atoms with van der Waals surface area (Å²) in [6.07, 6.45) is 0.127. The van der Waals surface area contributed by atoms with E-state index in [9.17, 15) is 9.59 Å². The SMILES string of the molecule is O=C1C[C@@H](c2cc(Br)cc(Br)c2)C(=O)O1. The van der Waals surface area contributed by atoms with Crippen molar-refractivity contribution < 1.29 is 14.3 Å². The van der Waals surface area contributed by atoms with Gasteiger partial charge in [0, 0.05) is 8.95 Å². The molecular weight excluding hydrogens is 328 g/mol. The topological polar surface area (TPSA) is 43.4 Å². The van der Waals surface area contributed by atoms with Gasteiger partial charge in [-0.1, -0.05) is 31.9 Å². The molecule has 1 heterocycles. The molecule has 1 saturated heterocycles. The normalized spacial score (nSPS) is 20.5. The summed E-state index contributed by atoms with van der Waals surface area (Å²) in [4.78, 5) is 22.3. The molecular formula is C10H6Br2O3. The van der Waals surface area contributed by atoms with E-state index in [-0.39, 0.29) is 6.42 Å². The van der Waals surface area contributed by atoms with Crippen LogP contribution in [0.4, 0.5) is 0 Å². The largest absolute Gasteiger partial charge is 0.393 e. The highest BCUT2D eigenvalue weighted by atomic mass is 79.9. The molecule has 15 heavy (non-hydrogen) atoms. The number of halogens is 2. The summed E-state index contributed by atoms with van der Waals surface area (Å²) >= 11 is 6.66. The number of rotatable bonds is 1. The lowest BCUT2D eigenvalue weighted by molar-refractivity contribution is -0.152. The molecule has 0 spiro atoms. The molecule has 1 atom stereocenters. The number of carbonyl (C=O) groups excluding carboxylic acids is 2. The Labute approximate surface area is 103 Å². The monoisotopic (exact) mass is 332 g/mol. The standard InChI is InChI=1S/C10H6Br2O3/c11-6-1-5(2-7(12)3-6)8-4-9(13)15-10(8)14/h1-3,8H,4H2/t8-/m0/s1. The van der Waals surface area contributed by atoms with Gasteiger partial charge >= 0.3 is 11.9 Å². The zero-order valence-electron chi connectivity index (χ0n) is 7.50. The molecule has 0 radical (unpaired) electrons. The average molecular weight is 334 g/mol. The number of carbonyl (C=O) groups is 2. The van der Waals surface area contributed by atoms with Crippen LogP contribution in [0.5, 0.6) is 0 Å². The summed E-state index contributed by atoms with van der Waals surface area (Å²) in [5.74, 6) is -1.39. The summed E-state index contributed by atoms with van der Waals surface area (Å²) < 4.78 is 6.22. The minimum Gasteiger partial charge on any atom is -0.393 e. The van der Waals surface area contributed by atoms with Gasteiger partial charge in [0.15, 0.2) is 0 Å². The van der Waals surface area contributed by atoms with Crippen LogP contribution in [0.1, 0.15) is 17.9 Å². The Morgan fingerprint density at radius 3 is 2.20 bits per heavy atom. The fourth-order valence-corrected chi connectivity index (χ4v) is 2.83. The highest BCUT2D eigenvalue weighted by Crippen LogP contribution is 2.31. The molecule has 78 valence electrons. The quantitative estimate of drug-likeness (QED) is 0.586. The Balaban J connectivity index is 2.37. The van der Waals surface area contributed by atoms with Gasteiger partial charge < -0.3 is 4.74 Å². The highest BCUT2D eigenvalue weighted by molar-refractivity contribution is 9.11.